The lowest BCUT2D eigenvalue weighted by atomic mass is 10.1. The zero-order valence-corrected chi connectivity index (χ0v) is 17.9. The van der Waals surface area contributed by atoms with Crippen LogP contribution in [0, 0.1) is 6.92 Å². The molecule has 2 heterocycles. The van der Waals surface area contributed by atoms with E-state index < -0.39 is 0 Å². The number of nitrogens with zero attached hydrogens (tertiary/aromatic N) is 2. The summed E-state index contributed by atoms with van der Waals surface area (Å²) in [6.07, 6.45) is 0.518. The summed E-state index contributed by atoms with van der Waals surface area (Å²) in [7, 11) is 0. The second-order valence-electron chi connectivity index (χ2n) is 7.14. The molecule has 0 radical (unpaired) electrons. The van der Waals surface area contributed by atoms with Crippen molar-refractivity contribution in [1.29, 1.82) is 0 Å². The fourth-order valence-electron chi connectivity index (χ4n) is 3.30. The number of ether oxygens (including phenoxy) is 1. The van der Waals surface area contributed by atoms with E-state index in [-0.39, 0.29) is 10.8 Å². The van der Waals surface area contributed by atoms with E-state index in [0.29, 0.717) is 36.8 Å². The summed E-state index contributed by atoms with van der Waals surface area (Å²) in [5.74, 6) is -0.158. The number of benzene rings is 2. The quantitative estimate of drug-likeness (QED) is 0.443. The minimum absolute atomic E-state index is 0.158. The van der Waals surface area contributed by atoms with Gasteiger partial charge in [-0.3, -0.25) is 14.6 Å². The van der Waals surface area contributed by atoms with Crippen molar-refractivity contribution < 1.29 is 9.53 Å². The van der Waals surface area contributed by atoms with Crippen LogP contribution < -0.4 is 10.2 Å². The van der Waals surface area contributed by atoms with Crippen LogP contribution in [0.1, 0.15) is 32.2 Å². The average molecular weight is 435 g/mol. The van der Waals surface area contributed by atoms with Crippen molar-refractivity contribution in [1.82, 2.24) is 20.5 Å². The van der Waals surface area contributed by atoms with Crippen molar-refractivity contribution in [2.24, 2.45) is 0 Å². The summed E-state index contributed by atoms with van der Waals surface area (Å²) >= 11 is 1.05. The molecule has 7 nitrogen and oxygen atoms in total. The molecule has 0 bridgehead atoms. The summed E-state index contributed by atoms with van der Waals surface area (Å²) in [6, 6.07) is 17.5. The molecule has 4 aromatic rings. The lowest BCUT2D eigenvalue weighted by Crippen LogP contribution is -2.25. The van der Waals surface area contributed by atoms with E-state index in [1.807, 2.05) is 37.3 Å². The van der Waals surface area contributed by atoms with Gasteiger partial charge in [0.15, 0.2) is 0 Å². The van der Waals surface area contributed by atoms with E-state index in [1.54, 1.807) is 12.1 Å². The number of rotatable bonds is 8. The predicted octanol–water partition coefficient (Wildman–Crippen LogP) is 3.38. The average Bonchev–Trinajstić information content (AvgIpc) is 3.19. The molecule has 0 saturated carbocycles. The van der Waals surface area contributed by atoms with Crippen molar-refractivity contribution in [2.45, 2.75) is 26.6 Å². The van der Waals surface area contributed by atoms with Crippen LogP contribution >= 0.6 is 11.3 Å². The van der Waals surface area contributed by atoms with E-state index >= 15 is 0 Å². The Bertz CT molecular complexity index is 1250. The lowest BCUT2D eigenvalue weighted by Gasteiger charge is -2.09. The Morgan fingerprint density at radius 2 is 1.94 bits per heavy atom. The number of fused-ring (bicyclic) bond motifs is 1. The summed E-state index contributed by atoms with van der Waals surface area (Å²) in [4.78, 5) is 27.7. The Labute approximate surface area is 183 Å². The molecule has 31 heavy (non-hydrogen) atoms. The number of aromatic amines is 1. The number of carbonyl (C=O) groups excluding carboxylic acids is 1. The van der Waals surface area contributed by atoms with Crippen LogP contribution in [-0.2, 0) is 24.4 Å². The number of para-hydroxylation sites is 1. The number of aryl methyl sites for hydroxylation is 1. The highest BCUT2D eigenvalue weighted by Crippen LogP contribution is 2.19. The molecule has 0 aliphatic carbocycles. The van der Waals surface area contributed by atoms with E-state index in [0.717, 1.165) is 39.1 Å². The Kier molecular flexibility index (Phi) is 6.49. The number of H-pyrrole nitrogens is 1. The van der Waals surface area contributed by atoms with Crippen LogP contribution in [0.2, 0.25) is 0 Å². The molecule has 1 amide bonds. The van der Waals surface area contributed by atoms with Gasteiger partial charge in [-0.2, -0.15) is 5.10 Å². The molecule has 0 unspecified atom stereocenters. The number of carbonyl (C=O) groups is 1. The number of amides is 1. The molecule has 8 heteroatoms. The molecule has 0 atom stereocenters. The molecule has 2 N–H and O–H groups in total. The minimum atomic E-state index is -0.189. The third-order valence-corrected chi connectivity index (χ3v) is 5.59. The van der Waals surface area contributed by atoms with Gasteiger partial charge in [0, 0.05) is 29.6 Å². The smallest absolute Gasteiger partial charge is 0.322 e. The van der Waals surface area contributed by atoms with Gasteiger partial charge < -0.3 is 10.1 Å². The van der Waals surface area contributed by atoms with Crippen molar-refractivity contribution in [3.63, 3.8) is 0 Å². The molecule has 158 valence electrons. The SMILES string of the molecule is Cc1cc(COCc2ccc(C(=O)NCCc3n[nH]c(=O)s3)cc2)c2ccccc2n1. The predicted molar refractivity (Wildman–Crippen MR) is 120 cm³/mol. The molecule has 2 aromatic heterocycles. The van der Waals surface area contributed by atoms with Crippen molar-refractivity contribution in [3.05, 3.63) is 91.7 Å². The summed E-state index contributed by atoms with van der Waals surface area (Å²) in [5, 5.41) is 10.9. The zero-order valence-electron chi connectivity index (χ0n) is 17.1. The number of aromatic nitrogens is 3. The standard InChI is InChI=1S/C23H22N4O3S/c1-15-12-18(19-4-2-3-5-20(19)25-15)14-30-13-16-6-8-17(9-7-16)22(28)24-11-10-21-26-27-23(29)31-21/h2-9,12H,10-11,13-14H2,1H3,(H,24,28)(H,27,29). The van der Waals surface area contributed by atoms with Gasteiger partial charge >= 0.3 is 4.87 Å². The molecular formula is C23H22N4O3S. The fraction of sp³-hybridized carbons (Fsp3) is 0.217. The van der Waals surface area contributed by atoms with Crippen molar-refractivity contribution in [3.8, 4) is 0 Å². The highest BCUT2D eigenvalue weighted by Gasteiger charge is 2.07. The molecule has 0 aliphatic heterocycles. The summed E-state index contributed by atoms with van der Waals surface area (Å²) in [6.45, 7) is 3.35. The van der Waals surface area contributed by atoms with Crippen molar-refractivity contribution >= 4 is 28.1 Å². The third kappa shape index (κ3) is 5.42. The molecule has 0 saturated heterocycles. The first-order chi connectivity index (χ1) is 15.1. The van der Waals surface area contributed by atoms with Gasteiger partial charge in [0.1, 0.15) is 5.01 Å². The Morgan fingerprint density at radius 1 is 1.13 bits per heavy atom. The van der Waals surface area contributed by atoms with Gasteiger partial charge in [-0.05, 0) is 42.3 Å². The number of nitrogens with one attached hydrogen (secondary N) is 2. The Balaban J connectivity index is 1.29. The molecule has 4 rings (SSSR count). The maximum absolute atomic E-state index is 12.3. The second-order valence-corrected chi connectivity index (χ2v) is 8.19. The van der Waals surface area contributed by atoms with E-state index in [4.69, 9.17) is 4.74 Å². The number of pyridine rings is 1. The van der Waals surface area contributed by atoms with Crippen LogP contribution in [0.4, 0.5) is 0 Å². The Hall–Kier alpha value is -3.36. The van der Waals surface area contributed by atoms with E-state index in [2.05, 4.69) is 32.6 Å². The number of hydrogen-bond acceptors (Lipinski definition) is 6. The second kappa shape index (κ2) is 9.63. The summed E-state index contributed by atoms with van der Waals surface area (Å²) < 4.78 is 5.92. The monoisotopic (exact) mass is 434 g/mol. The third-order valence-electron chi connectivity index (χ3n) is 4.78. The topological polar surface area (TPSA) is 97.0 Å². The van der Waals surface area contributed by atoms with Gasteiger partial charge in [-0.15, -0.1) is 0 Å². The van der Waals surface area contributed by atoms with E-state index in [9.17, 15) is 9.59 Å². The largest absolute Gasteiger partial charge is 0.372 e. The van der Waals surface area contributed by atoms with Crippen LogP contribution in [0.25, 0.3) is 10.9 Å². The van der Waals surface area contributed by atoms with Crippen LogP contribution in [0.15, 0.2) is 59.4 Å². The minimum Gasteiger partial charge on any atom is -0.372 e. The molecule has 2 aromatic carbocycles. The molecule has 0 fully saturated rings. The lowest BCUT2D eigenvalue weighted by molar-refractivity contribution is 0.0953. The first-order valence-corrected chi connectivity index (χ1v) is 10.7. The fourth-order valence-corrected chi connectivity index (χ4v) is 3.90. The van der Waals surface area contributed by atoms with E-state index in [1.165, 1.54) is 0 Å². The Morgan fingerprint density at radius 3 is 2.71 bits per heavy atom. The number of hydrogen-bond donors (Lipinski definition) is 2. The van der Waals surface area contributed by atoms with Gasteiger partial charge in [-0.1, -0.05) is 41.7 Å². The first kappa shape index (κ1) is 20.9. The summed E-state index contributed by atoms with van der Waals surface area (Å²) in [5.41, 5.74) is 4.62. The zero-order chi connectivity index (χ0) is 21.6. The van der Waals surface area contributed by atoms with Gasteiger partial charge in [0.05, 0.1) is 18.7 Å². The maximum Gasteiger partial charge on any atom is 0.322 e. The van der Waals surface area contributed by atoms with Crippen LogP contribution in [0.3, 0.4) is 0 Å². The highest BCUT2D eigenvalue weighted by atomic mass is 32.1. The maximum atomic E-state index is 12.3. The normalized spacial score (nSPS) is 11.0. The molecule has 0 aliphatic rings. The molecule has 0 spiro atoms. The van der Waals surface area contributed by atoms with Crippen LogP contribution in [0.5, 0.6) is 0 Å². The molecular weight excluding hydrogens is 412 g/mol. The van der Waals surface area contributed by atoms with Crippen LogP contribution in [-0.4, -0.2) is 27.6 Å². The highest BCUT2D eigenvalue weighted by molar-refractivity contribution is 7.08. The first-order valence-electron chi connectivity index (χ1n) is 9.93. The van der Waals surface area contributed by atoms with Crippen molar-refractivity contribution in [2.75, 3.05) is 6.54 Å². The van der Waals surface area contributed by atoms with Gasteiger partial charge in [0.25, 0.3) is 5.91 Å². The van der Waals surface area contributed by atoms with Gasteiger partial charge in [0.2, 0.25) is 0 Å². The van der Waals surface area contributed by atoms with Gasteiger partial charge in [-0.25, -0.2) is 5.10 Å².